The molecule has 0 spiro atoms. The molecule has 0 unspecified atom stereocenters. The van der Waals surface area contributed by atoms with Crippen LogP contribution in [-0.4, -0.2) is 48.0 Å². The highest BCUT2D eigenvalue weighted by Gasteiger charge is 2.12. The summed E-state index contributed by atoms with van der Waals surface area (Å²) in [5, 5.41) is 3.50. The van der Waals surface area contributed by atoms with Crippen LogP contribution in [0.4, 0.5) is 15.8 Å². The smallest absolute Gasteiger partial charge is 0.255 e. The summed E-state index contributed by atoms with van der Waals surface area (Å²) in [5.41, 5.74) is 9.82. The molecule has 4 N–H and O–H groups in total. The number of carbonyl (C=O) groups is 1. The van der Waals surface area contributed by atoms with E-state index in [0.717, 1.165) is 11.1 Å². The summed E-state index contributed by atoms with van der Waals surface area (Å²) in [7, 11) is 3.87. The molecule has 0 saturated heterocycles. The second kappa shape index (κ2) is 10.6. The molecule has 4 rings (SSSR count). The first-order valence-electron chi connectivity index (χ1n) is 10.7. The Kier molecular flexibility index (Phi) is 7.34. The van der Waals surface area contributed by atoms with Gasteiger partial charge in [0.25, 0.3) is 5.91 Å². The van der Waals surface area contributed by atoms with E-state index in [4.69, 9.17) is 10.5 Å². The van der Waals surface area contributed by atoms with Crippen LogP contribution in [0.25, 0.3) is 11.0 Å². The first kappa shape index (κ1) is 23.6. The van der Waals surface area contributed by atoms with Crippen LogP contribution in [0.15, 0.2) is 65.8 Å². The normalized spacial score (nSPS) is 11.2. The Labute approximate surface area is 201 Å². The number of nitrogen functional groups attached to an aromatic ring is 1. The lowest BCUT2D eigenvalue weighted by atomic mass is 10.1. The Balaban J connectivity index is 1.37. The Bertz CT molecular complexity index is 1290. The highest BCUT2D eigenvalue weighted by molar-refractivity contribution is 7.98. The molecule has 0 saturated carbocycles. The van der Waals surface area contributed by atoms with Gasteiger partial charge in [-0.3, -0.25) is 4.79 Å². The number of aromatic amines is 1. The van der Waals surface area contributed by atoms with Gasteiger partial charge in [-0.15, -0.1) is 0 Å². The van der Waals surface area contributed by atoms with Gasteiger partial charge in [0.15, 0.2) is 16.7 Å². The number of para-hydroxylation sites is 2. The molecule has 7 nitrogen and oxygen atoms in total. The van der Waals surface area contributed by atoms with Gasteiger partial charge >= 0.3 is 0 Å². The first-order valence-corrected chi connectivity index (χ1v) is 11.7. The predicted octanol–water partition coefficient (Wildman–Crippen LogP) is 4.77. The number of nitrogens with one attached hydrogen (secondary N) is 2. The maximum atomic E-state index is 14.3. The van der Waals surface area contributed by atoms with Crippen molar-refractivity contribution in [2.24, 2.45) is 0 Å². The number of hydrogen-bond donors (Lipinski definition) is 3. The fourth-order valence-electron chi connectivity index (χ4n) is 3.21. The number of nitrogens with two attached hydrogens (primary N) is 1. The van der Waals surface area contributed by atoms with Crippen LogP contribution in [0.2, 0.25) is 0 Å². The minimum absolute atomic E-state index is 0.209. The van der Waals surface area contributed by atoms with Crippen molar-refractivity contribution in [2.45, 2.75) is 10.9 Å². The molecule has 1 heterocycles. The van der Waals surface area contributed by atoms with Crippen LogP contribution in [0, 0.1) is 5.82 Å². The van der Waals surface area contributed by atoms with Gasteiger partial charge in [-0.1, -0.05) is 36.0 Å². The van der Waals surface area contributed by atoms with Crippen LogP contribution < -0.4 is 15.8 Å². The van der Waals surface area contributed by atoms with Gasteiger partial charge in [0.1, 0.15) is 6.61 Å². The zero-order chi connectivity index (χ0) is 24.1. The van der Waals surface area contributed by atoms with Crippen molar-refractivity contribution in [3.05, 3.63) is 77.6 Å². The van der Waals surface area contributed by atoms with E-state index in [-0.39, 0.29) is 11.7 Å². The molecular weight excluding hydrogens is 453 g/mol. The summed E-state index contributed by atoms with van der Waals surface area (Å²) in [6.07, 6.45) is 0. The summed E-state index contributed by atoms with van der Waals surface area (Å²) in [6, 6.07) is 17.5. The summed E-state index contributed by atoms with van der Waals surface area (Å²) < 4.78 is 19.9. The van der Waals surface area contributed by atoms with Crippen molar-refractivity contribution in [3.63, 3.8) is 0 Å². The molecule has 3 aromatic carbocycles. The summed E-state index contributed by atoms with van der Waals surface area (Å²) >= 11 is 1.50. The number of hydrogen-bond acceptors (Lipinski definition) is 6. The number of fused-ring (bicyclic) bond motifs is 1. The third-order valence-electron chi connectivity index (χ3n) is 5.11. The number of aromatic nitrogens is 2. The molecule has 0 bridgehead atoms. The average molecular weight is 480 g/mol. The van der Waals surface area contributed by atoms with Gasteiger partial charge in [-0.2, -0.15) is 0 Å². The molecule has 4 aromatic rings. The van der Waals surface area contributed by atoms with Crippen LogP contribution in [-0.2, 0) is 5.75 Å². The monoisotopic (exact) mass is 479 g/mol. The Hall–Kier alpha value is -3.56. The quantitative estimate of drug-likeness (QED) is 0.236. The molecule has 0 radical (unpaired) electrons. The van der Waals surface area contributed by atoms with E-state index < -0.39 is 5.82 Å². The molecule has 9 heteroatoms. The third kappa shape index (κ3) is 5.86. The lowest BCUT2D eigenvalue weighted by molar-refractivity contribution is 0.102. The molecule has 0 aliphatic rings. The van der Waals surface area contributed by atoms with E-state index in [2.05, 4.69) is 15.3 Å². The number of thioether (sulfide) groups is 1. The molecule has 0 fully saturated rings. The van der Waals surface area contributed by atoms with Gasteiger partial charge < -0.3 is 25.7 Å². The SMILES string of the molecule is CN(C)CCOc1cc2[nH]c(SCc3ccc(C(=O)Nc4ccccc4N)cc3)nc2cc1F. The molecule has 0 aliphatic carbocycles. The largest absolute Gasteiger partial charge is 0.489 e. The van der Waals surface area contributed by atoms with Crippen LogP contribution in [0.1, 0.15) is 15.9 Å². The predicted molar refractivity (Wildman–Crippen MR) is 135 cm³/mol. The number of amides is 1. The third-order valence-corrected chi connectivity index (χ3v) is 6.06. The van der Waals surface area contributed by atoms with E-state index in [1.54, 1.807) is 30.3 Å². The number of imidazole rings is 1. The summed E-state index contributed by atoms with van der Waals surface area (Å²) in [5.74, 6) is 0.197. The molecule has 1 aromatic heterocycles. The van der Waals surface area contributed by atoms with Crippen molar-refractivity contribution in [3.8, 4) is 5.75 Å². The van der Waals surface area contributed by atoms with Gasteiger partial charge in [0, 0.05) is 30.0 Å². The minimum Gasteiger partial charge on any atom is -0.489 e. The minimum atomic E-state index is -0.430. The molecule has 34 heavy (non-hydrogen) atoms. The lowest BCUT2D eigenvalue weighted by Gasteiger charge is -2.11. The topological polar surface area (TPSA) is 96.3 Å². The number of rotatable bonds is 9. The second-order valence-corrected chi connectivity index (χ2v) is 8.98. The van der Waals surface area contributed by atoms with Crippen molar-refractivity contribution < 1.29 is 13.9 Å². The number of nitrogens with zero attached hydrogens (tertiary/aromatic N) is 2. The van der Waals surface area contributed by atoms with Crippen LogP contribution >= 0.6 is 11.8 Å². The van der Waals surface area contributed by atoms with Gasteiger partial charge in [-0.05, 0) is 43.9 Å². The number of benzene rings is 3. The van der Waals surface area contributed by atoms with Gasteiger partial charge in [-0.25, -0.2) is 9.37 Å². The molecule has 0 atom stereocenters. The standard InChI is InChI=1S/C25H26FN5O2S/c1-31(2)11-12-33-23-14-22-21(13-18(23)26)29-25(30-22)34-15-16-7-9-17(10-8-16)24(32)28-20-6-4-3-5-19(20)27/h3-10,13-14H,11-12,15,27H2,1-2H3,(H,28,32)(H,29,30). The zero-order valence-electron chi connectivity index (χ0n) is 19.0. The number of ether oxygens (including phenoxy) is 1. The van der Waals surface area contributed by atoms with Crippen LogP contribution in [0.5, 0.6) is 5.75 Å². The maximum absolute atomic E-state index is 14.3. The van der Waals surface area contributed by atoms with E-state index in [9.17, 15) is 9.18 Å². The van der Waals surface area contributed by atoms with Crippen molar-refractivity contribution in [1.29, 1.82) is 0 Å². The highest BCUT2D eigenvalue weighted by atomic mass is 32.2. The fraction of sp³-hybridized carbons (Fsp3) is 0.200. The van der Waals surface area contributed by atoms with E-state index >= 15 is 0 Å². The summed E-state index contributed by atoms with van der Waals surface area (Å²) in [4.78, 5) is 22.1. The average Bonchev–Trinajstić information content (AvgIpc) is 3.21. The highest BCUT2D eigenvalue weighted by Crippen LogP contribution is 2.28. The van der Waals surface area contributed by atoms with Crippen molar-refractivity contribution in [1.82, 2.24) is 14.9 Å². The summed E-state index contributed by atoms with van der Waals surface area (Å²) in [6.45, 7) is 1.10. The number of H-pyrrole nitrogens is 1. The maximum Gasteiger partial charge on any atom is 0.255 e. The van der Waals surface area contributed by atoms with Crippen molar-refractivity contribution in [2.75, 3.05) is 38.3 Å². The second-order valence-electron chi connectivity index (χ2n) is 8.02. The van der Waals surface area contributed by atoms with Crippen LogP contribution in [0.3, 0.4) is 0 Å². The number of likely N-dealkylation sites (N-methyl/N-ethyl adjacent to an activating group) is 1. The van der Waals surface area contributed by atoms with E-state index in [1.165, 1.54) is 17.8 Å². The Morgan fingerprint density at radius 2 is 1.94 bits per heavy atom. The zero-order valence-corrected chi connectivity index (χ0v) is 19.8. The molecule has 1 amide bonds. The van der Waals surface area contributed by atoms with Gasteiger partial charge in [0.05, 0.1) is 22.4 Å². The van der Waals surface area contributed by atoms with Crippen molar-refractivity contribution >= 4 is 40.1 Å². The Morgan fingerprint density at radius 1 is 1.18 bits per heavy atom. The van der Waals surface area contributed by atoms with E-state index in [0.29, 0.717) is 46.5 Å². The number of anilines is 2. The number of carbonyl (C=O) groups excluding carboxylic acids is 1. The van der Waals surface area contributed by atoms with E-state index in [1.807, 2.05) is 43.3 Å². The molecule has 0 aliphatic heterocycles. The first-order chi connectivity index (χ1) is 16.4. The molecule has 176 valence electrons. The fourth-order valence-corrected chi connectivity index (χ4v) is 4.06. The Morgan fingerprint density at radius 3 is 2.68 bits per heavy atom. The lowest BCUT2D eigenvalue weighted by Crippen LogP contribution is -2.19. The van der Waals surface area contributed by atoms with Gasteiger partial charge in [0.2, 0.25) is 0 Å². The molecular formula is C25H26FN5O2S. The number of halogens is 1.